The normalized spacial score (nSPS) is 13.1. The largest absolute Gasteiger partial charge is 0.363 e. The minimum atomic E-state index is -0.0171. The molecule has 28 heavy (non-hydrogen) atoms. The maximum absolute atomic E-state index is 6.59. The second-order valence-electron chi connectivity index (χ2n) is 9.20. The van der Waals surface area contributed by atoms with Gasteiger partial charge in [-0.15, -0.1) is 0 Å². The van der Waals surface area contributed by atoms with E-state index < -0.39 is 0 Å². The Balaban J connectivity index is 2.65. The first kappa shape index (κ1) is 22.6. The highest BCUT2D eigenvalue weighted by Crippen LogP contribution is 2.39. The lowest BCUT2D eigenvalue weighted by molar-refractivity contribution is -0.858. The first-order valence-electron chi connectivity index (χ1n) is 10.9. The molecule has 2 heteroatoms. The van der Waals surface area contributed by atoms with Gasteiger partial charge in [-0.2, -0.15) is 0 Å². The van der Waals surface area contributed by atoms with Crippen molar-refractivity contribution in [2.45, 2.75) is 65.4 Å². The van der Waals surface area contributed by atoms with Crippen molar-refractivity contribution in [2.75, 3.05) is 27.2 Å². The van der Waals surface area contributed by atoms with Crippen LogP contribution in [0.25, 0.3) is 0 Å². The first-order chi connectivity index (χ1) is 13.2. The standard InChI is InChI=1S/C26H39NO/c1-18(2)22-16-23(19(3)4)25(24(17-22)20(5)6)26(28-15-14-27(7)8)21-12-10-9-11-13-21/h9-13,16-20,26H,14-15H2,1-8H3/p+1/t26-/m0/s1. The molecule has 0 spiro atoms. The summed E-state index contributed by atoms with van der Waals surface area (Å²) in [5.41, 5.74) is 6.93. The Morgan fingerprint density at radius 2 is 1.29 bits per heavy atom. The van der Waals surface area contributed by atoms with E-state index >= 15 is 0 Å². The third-order valence-electron chi connectivity index (χ3n) is 5.43. The van der Waals surface area contributed by atoms with Crippen molar-refractivity contribution >= 4 is 0 Å². The molecular weight excluding hydrogens is 342 g/mol. The van der Waals surface area contributed by atoms with Crippen molar-refractivity contribution < 1.29 is 9.64 Å². The van der Waals surface area contributed by atoms with Gasteiger partial charge < -0.3 is 9.64 Å². The maximum atomic E-state index is 6.59. The SMILES string of the molecule is CC(C)c1cc(C(C)C)c([C@@H](OCC[NH+](C)C)c2ccccc2)c(C(C)C)c1. The topological polar surface area (TPSA) is 13.7 Å². The first-order valence-corrected chi connectivity index (χ1v) is 10.9. The van der Waals surface area contributed by atoms with Gasteiger partial charge in [0.25, 0.3) is 0 Å². The van der Waals surface area contributed by atoms with Crippen molar-refractivity contribution in [3.63, 3.8) is 0 Å². The molecular formula is C26H40NO+. The van der Waals surface area contributed by atoms with Crippen LogP contribution >= 0.6 is 0 Å². The number of quaternary nitrogens is 1. The van der Waals surface area contributed by atoms with Gasteiger partial charge in [0.2, 0.25) is 0 Å². The predicted molar refractivity (Wildman–Crippen MR) is 121 cm³/mol. The predicted octanol–water partition coefficient (Wildman–Crippen LogP) is 5.31. The van der Waals surface area contributed by atoms with Crippen molar-refractivity contribution in [1.82, 2.24) is 0 Å². The molecule has 2 aromatic rings. The monoisotopic (exact) mass is 382 g/mol. The molecule has 0 amide bonds. The van der Waals surface area contributed by atoms with Crippen LogP contribution in [0.2, 0.25) is 0 Å². The summed E-state index contributed by atoms with van der Waals surface area (Å²) < 4.78 is 6.59. The van der Waals surface area contributed by atoms with Gasteiger partial charge in [-0.05, 0) is 45.6 Å². The highest BCUT2D eigenvalue weighted by molar-refractivity contribution is 5.48. The average molecular weight is 383 g/mol. The lowest BCUT2D eigenvalue weighted by Crippen LogP contribution is -3.06. The number of ether oxygens (including phenoxy) is 1. The Labute approximate surface area is 172 Å². The van der Waals surface area contributed by atoms with E-state index in [1.54, 1.807) is 0 Å². The van der Waals surface area contributed by atoms with E-state index in [9.17, 15) is 0 Å². The van der Waals surface area contributed by atoms with Gasteiger partial charge in [-0.1, -0.05) is 84.0 Å². The summed E-state index contributed by atoms with van der Waals surface area (Å²) in [6.45, 7) is 15.5. The van der Waals surface area contributed by atoms with Gasteiger partial charge in [0.1, 0.15) is 12.6 Å². The fourth-order valence-corrected chi connectivity index (χ4v) is 3.67. The van der Waals surface area contributed by atoms with Gasteiger partial charge in [0, 0.05) is 0 Å². The van der Waals surface area contributed by atoms with E-state index in [4.69, 9.17) is 4.74 Å². The molecule has 0 saturated carbocycles. The Morgan fingerprint density at radius 1 is 0.750 bits per heavy atom. The van der Waals surface area contributed by atoms with Crippen LogP contribution in [0.15, 0.2) is 42.5 Å². The van der Waals surface area contributed by atoms with Crippen LogP contribution in [0.3, 0.4) is 0 Å². The summed E-state index contributed by atoms with van der Waals surface area (Å²) in [4.78, 5) is 1.41. The minimum absolute atomic E-state index is 0.0171. The van der Waals surface area contributed by atoms with Gasteiger partial charge in [0.05, 0.1) is 20.7 Å². The summed E-state index contributed by atoms with van der Waals surface area (Å²) in [6, 6.07) is 15.6. The quantitative estimate of drug-likeness (QED) is 0.621. The second kappa shape index (κ2) is 10.2. The molecule has 0 aliphatic heterocycles. The molecule has 2 aromatic carbocycles. The van der Waals surface area contributed by atoms with Crippen molar-refractivity contribution in [3.8, 4) is 0 Å². The molecule has 0 aromatic heterocycles. The third-order valence-corrected chi connectivity index (χ3v) is 5.43. The van der Waals surface area contributed by atoms with E-state index in [-0.39, 0.29) is 6.10 Å². The fourth-order valence-electron chi connectivity index (χ4n) is 3.67. The van der Waals surface area contributed by atoms with Gasteiger partial charge >= 0.3 is 0 Å². The van der Waals surface area contributed by atoms with Crippen molar-refractivity contribution in [2.24, 2.45) is 0 Å². The molecule has 0 heterocycles. The van der Waals surface area contributed by atoms with E-state index in [0.717, 1.165) is 13.2 Å². The number of benzene rings is 2. The summed E-state index contributed by atoms with van der Waals surface area (Å²) >= 11 is 0. The number of nitrogens with one attached hydrogen (secondary N) is 1. The number of rotatable bonds is 9. The highest BCUT2D eigenvalue weighted by Gasteiger charge is 2.25. The van der Waals surface area contributed by atoms with Crippen LogP contribution in [-0.4, -0.2) is 27.2 Å². The van der Waals surface area contributed by atoms with Crippen molar-refractivity contribution in [3.05, 3.63) is 70.3 Å². The van der Waals surface area contributed by atoms with Crippen LogP contribution in [-0.2, 0) is 4.74 Å². The third kappa shape index (κ3) is 5.68. The smallest absolute Gasteiger partial charge is 0.108 e. The molecule has 154 valence electrons. The van der Waals surface area contributed by atoms with Crippen LogP contribution in [0.5, 0.6) is 0 Å². The molecule has 1 atom stereocenters. The molecule has 1 N–H and O–H groups in total. The van der Waals surface area contributed by atoms with Crippen LogP contribution in [0.1, 0.15) is 93.2 Å². The fraction of sp³-hybridized carbons (Fsp3) is 0.538. The van der Waals surface area contributed by atoms with Gasteiger partial charge in [-0.25, -0.2) is 0 Å². The minimum Gasteiger partial charge on any atom is -0.363 e. The Bertz CT molecular complexity index is 702. The average Bonchev–Trinajstić information content (AvgIpc) is 2.64. The second-order valence-corrected chi connectivity index (χ2v) is 9.20. The summed E-state index contributed by atoms with van der Waals surface area (Å²) in [7, 11) is 4.36. The molecule has 0 radical (unpaired) electrons. The van der Waals surface area contributed by atoms with E-state index in [2.05, 4.69) is 98.1 Å². The van der Waals surface area contributed by atoms with E-state index in [1.165, 1.54) is 32.7 Å². The number of likely N-dealkylation sites (N-methyl/N-ethyl adjacent to an activating group) is 1. The molecule has 2 nitrogen and oxygen atoms in total. The molecule has 0 bridgehead atoms. The Hall–Kier alpha value is -1.64. The van der Waals surface area contributed by atoms with Crippen molar-refractivity contribution in [1.29, 1.82) is 0 Å². The zero-order chi connectivity index (χ0) is 20.8. The van der Waals surface area contributed by atoms with Gasteiger partial charge in [0.15, 0.2) is 0 Å². The zero-order valence-electron chi connectivity index (χ0n) is 19.2. The molecule has 0 aliphatic carbocycles. The summed E-state index contributed by atoms with van der Waals surface area (Å²) in [5.74, 6) is 1.44. The summed E-state index contributed by atoms with van der Waals surface area (Å²) in [5, 5.41) is 0. The van der Waals surface area contributed by atoms with Crippen LogP contribution < -0.4 is 4.90 Å². The van der Waals surface area contributed by atoms with E-state index in [1.807, 2.05) is 0 Å². The molecule has 2 rings (SSSR count). The molecule has 0 fully saturated rings. The maximum Gasteiger partial charge on any atom is 0.108 e. The summed E-state index contributed by atoms with van der Waals surface area (Å²) in [6.07, 6.45) is -0.0171. The zero-order valence-corrected chi connectivity index (χ0v) is 19.2. The molecule has 0 unspecified atom stereocenters. The lowest BCUT2D eigenvalue weighted by atomic mass is 9.81. The highest BCUT2D eigenvalue weighted by atomic mass is 16.5. The number of hydrogen-bond donors (Lipinski definition) is 1. The van der Waals surface area contributed by atoms with Gasteiger partial charge in [-0.3, -0.25) is 0 Å². The molecule has 0 aliphatic rings. The lowest BCUT2D eigenvalue weighted by Gasteiger charge is -2.29. The molecule has 0 saturated heterocycles. The van der Waals surface area contributed by atoms with E-state index in [0.29, 0.717) is 17.8 Å². The number of hydrogen-bond acceptors (Lipinski definition) is 1. The Morgan fingerprint density at radius 3 is 1.71 bits per heavy atom. The van der Waals surface area contributed by atoms with Crippen LogP contribution in [0, 0.1) is 0 Å². The van der Waals surface area contributed by atoms with Crippen LogP contribution in [0.4, 0.5) is 0 Å². The Kier molecular flexibility index (Phi) is 8.27.